The Morgan fingerprint density at radius 1 is 0.759 bits per heavy atom. The Morgan fingerprint density at radius 3 is 1.38 bits per heavy atom. The number of epoxide rings is 2. The van der Waals surface area contributed by atoms with Gasteiger partial charge in [0.25, 0.3) is 0 Å². The summed E-state index contributed by atoms with van der Waals surface area (Å²) in [4.78, 5) is 0. The third kappa shape index (κ3) is 9.74. The average molecular weight is 638 g/mol. The number of hydrogen-bond donors (Lipinski definition) is 0. The van der Waals surface area contributed by atoms with E-state index >= 15 is 0 Å². The molecule has 6 unspecified atom stereocenters. The van der Waals surface area contributed by atoms with E-state index in [9.17, 15) is 0 Å². The van der Waals surface area contributed by atoms with E-state index in [0.717, 1.165) is 38.5 Å². The molecule has 0 bridgehead atoms. The molecular formula is C22H40I2O5. The van der Waals surface area contributed by atoms with E-state index in [1.165, 1.54) is 12.8 Å². The zero-order valence-electron chi connectivity index (χ0n) is 18.9. The van der Waals surface area contributed by atoms with Gasteiger partial charge in [0.2, 0.25) is 0 Å². The molecule has 0 radical (unpaired) electrons. The normalized spacial score (nSPS) is 28.6. The van der Waals surface area contributed by atoms with Crippen LogP contribution in [0.15, 0.2) is 0 Å². The van der Waals surface area contributed by atoms with Crippen LogP contribution in [0.4, 0.5) is 0 Å². The summed E-state index contributed by atoms with van der Waals surface area (Å²) < 4.78 is 29.7. The molecule has 6 atom stereocenters. The van der Waals surface area contributed by atoms with Gasteiger partial charge >= 0.3 is 0 Å². The second kappa shape index (κ2) is 11.9. The van der Waals surface area contributed by atoms with Gasteiger partial charge in [-0.2, -0.15) is 0 Å². The molecular weight excluding hydrogens is 598 g/mol. The molecule has 5 nitrogen and oxygen atoms in total. The molecule has 0 aromatic heterocycles. The van der Waals surface area contributed by atoms with Gasteiger partial charge in [-0.3, -0.25) is 0 Å². The number of alkyl halides is 2. The highest BCUT2D eigenvalue weighted by molar-refractivity contribution is 14.1. The fraction of sp³-hybridized carbons (Fsp3) is 1.00. The van der Waals surface area contributed by atoms with Gasteiger partial charge in [-0.05, 0) is 66.2 Å². The van der Waals surface area contributed by atoms with Crippen LogP contribution in [0.2, 0.25) is 0 Å². The first-order chi connectivity index (χ1) is 13.6. The first-order valence-electron chi connectivity index (χ1n) is 10.9. The van der Waals surface area contributed by atoms with E-state index in [4.69, 9.17) is 23.7 Å². The smallest absolute Gasteiger partial charge is 0.161 e. The Balaban J connectivity index is 1.60. The molecule has 2 heterocycles. The van der Waals surface area contributed by atoms with E-state index in [2.05, 4.69) is 72.9 Å². The lowest BCUT2D eigenvalue weighted by atomic mass is 10.0. The highest BCUT2D eigenvalue weighted by Gasteiger charge is 2.47. The summed E-state index contributed by atoms with van der Waals surface area (Å²) in [5.74, 6) is 0. The average Bonchev–Trinajstić information content (AvgIpc) is 3.46. The van der Waals surface area contributed by atoms with Crippen molar-refractivity contribution >= 4 is 45.2 Å². The van der Waals surface area contributed by atoms with Gasteiger partial charge in [-0.25, -0.2) is 0 Å². The number of halogens is 2. The largest absolute Gasteiger partial charge is 0.367 e. The molecule has 29 heavy (non-hydrogen) atoms. The van der Waals surface area contributed by atoms with Crippen LogP contribution in [-0.4, -0.2) is 58.1 Å². The van der Waals surface area contributed by atoms with Crippen molar-refractivity contribution in [1.82, 2.24) is 0 Å². The summed E-state index contributed by atoms with van der Waals surface area (Å²) in [5, 5.41) is 0. The van der Waals surface area contributed by atoms with Crippen molar-refractivity contribution in [3.05, 3.63) is 0 Å². The van der Waals surface area contributed by atoms with Gasteiger partial charge < -0.3 is 23.7 Å². The lowest BCUT2D eigenvalue weighted by Crippen LogP contribution is -2.29. The molecule has 2 rings (SSSR count). The minimum absolute atomic E-state index is 0.0997. The fourth-order valence-electron chi connectivity index (χ4n) is 3.77. The van der Waals surface area contributed by atoms with E-state index in [-0.39, 0.29) is 23.8 Å². The van der Waals surface area contributed by atoms with Crippen LogP contribution in [0.3, 0.4) is 0 Å². The maximum Gasteiger partial charge on any atom is 0.161 e. The number of hydrogen-bond acceptors (Lipinski definition) is 5. The van der Waals surface area contributed by atoms with Crippen LogP contribution >= 0.6 is 45.2 Å². The van der Waals surface area contributed by atoms with Crippen LogP contribution in [-0.2, 0) is 23.7 Å². The van der Waals surface area contributed by atoms with Crippen molar-refractivity contribution < 1.29 is 23.7 Å². The third-order valence-electron chi connectivity index (χ3n) is 6.02. The van der Waals surface area contributed by atoms with Gasteiger partial charge in [0.05, 0.1) is 23.4 Å². The van der Waals surface area contributed by atoms with Gasteiger partial charge in [0, 0.05) is 34.9 Å². The second-order valence-electron chi connectivity index (χ2n) is 9.41. The molecule has 0 N–H and O–H groups in total. The Bertz CT molecular complexity index is 446. The van der Waals surface area contributed by atoms with E-state index < -0.39 is 0 Å². The van der Waals surface area contributed by atoms with Crippen LogP contribution in [0.5, 0.6) is 0 Å². The van der Waals surface area contributed by atoms with Gasteiger partial charge in [-0.15, -0.1) is 0 Å². The first kappa shape index (κ1) is 26.5. The summed E-state index contributed by atoms with van der Waals surface area (Å²) in [6, 6.07) is 0. The molecule has 2 aliphatic heterocycles. The molecule has 0 amide bonds. The minimum Gasteiger partial charge on any atom is -0.367 e. The number of rotatable bonds is 16. The second-order valence-corrected chi connectivity index (χ2v) is 12.9. The predicted molar refractivity (Wildman–Crippen MR) is 133 cm³/mol. The summed E-state index contributed by atoms with van der Waals surface area (Å²) in [5.41, 5.74) is 0.199. The molecule has 0 spiro atoms. The molecule has 0 aromatic rings. The van der Waals surface area contributed by atoms with Crippen LogP contribution in [0.25, 0.3) is 0 Å². The molecule has 7 heteroatoms. The molecule has 0 saturated carbocycles. The zero-order chi connectivity index (χ0) is 21.7. The highest BCUT2D eigenvalue weighted by atomic mass is 127. The zero-order valence-corrected chi connectivity index (χ0v) is 23.2. The van der Waals surface area contributed by atoms with Crippen molar-refractivity contribution in [3.63, 3.8) is 0 Å². The summed E-state index contributed by atoms with van der Waals surface area (Å²) in [6.07, 6.45) is 9.17. The van der Waals surface area contributed by atoms with Gasteiger partial charge in [-0.1, -0.05) is 45.2 Å². The first-order valence-corrected chi connectivity index (χ1v) is 13.4. The Morgan fingerprint density at radius 2 is 1.10 bits per heavy atom. The van der Waals surface area contributed by atoms with Gasteiger partial charge in [0.15, 0.2) is 12.6 Å². The van der Waals surface area contributed by atoms with Crippen LogP contribution in [0.1, 0.15) is 79.1 Å². The summed E-state index contributed by atoms with van der Waals surface area (Å²) in [7, 11) is 3.44. The standard InChI is InChI=1S/C22H40I2O5/c1-21(2)17(28-21)11-7-9-15(23)13-19(25-5)27-20(26-6)14-16(24)10-8-12-18-22(3,4)29-18/h15-20H,7-14H2,1-6H3. The predicted octanol–water partition coefficient (Wildman–Crippen LogP) is 6.03. The van der Waals surface area contributed by atoms with E-state index in [1.807, 2.05) is 0 Å². The summed E-state index contributed by atoms with van der Waals surface area (Å²) in [6.45, 7) is 8.67. The lowest BCUT2D eigenvalue weighted by molar-refractivity contribution is -0.232. The molecule has 0 aliphatic carbocycles. The molecule has 2 aliphatic rings. The van der Waals surface area contributed by atoms with Crippen molar-refractivity contribution in [2.24, 2.45) is 0 Å². The molecule has 0 aromatic carbocycles. The van der Waals surface area contributed by atoms with Crippen molar-refractivity contribution in [1.29, 1.82) is 0 Å². The quantitative estimate of drug-likeness (QED) is 0.0895. The van der Waals surface area contributed by atoms with Gasteiger partial charge in [0.1, 0.15) is 0 Å². The van der Waals surface area contributed by atoms with Crippen LogP contribution in [0, 0.1) is 0 Å². The SMILES string of the molecule is COC(CC(I)CCCC1OC1(C)C)OC(CC(I)CCCC1OC1(C)C)OC. The van der Waals surface area contributed by atoms with Crippen molar-refractivity contribution in [2.45, 2.75) is 123 Å². The fourth-order valence-corrected chi connectivity index (χ4v) is 5.48. The Labute approximate surface area is 204 Å². The van der Waals surface area contributed by atoms with E-state index in [0.29, 0.717) is 20.1 Å². The number of methoxy groups -OCH3 is 2. The topological polar surface area (TPSA) is 52.8 Å². The molecule has 2 fully saturated rings. The maximum absolute atomic E-state index is 6.13. The van der Waals surface area contributed by atoms with Crippen molar-refractivity contribution in [3.8, 4) is 0 Å². The Hall–Kier alpha value is 1.26. The number of ether oxygens (including phenoxy) is 5. The molecule has 172 valence electrons. The minimum atomic E-state index is -0.222. The lowest BCUT2D eigenvalue weighted by Gasteiger charge is -2.26. The van der Waals surface area contributed by atoms with Crippen molar-refractivity contribution in [2.75, 3.05) is 14.2 Å². The highest BCUT2D eigenvalue weighted by Crippen LogP contribution is 2.40. The summed E-state index contributed by atoms with van der Waals surface area (Å²) >= 11 is 5.04. The van der Waals surface area contributed by atoms with Crippen LogP contribution < -0.4 is 0 Å². The maximum atomic E-state index is 6.13. The Kier molecular flexibility index (Phi) is 10.9. The van der Waals surface area contributed by atoms with E-state index in [1.54, 1.807) is 14.2 Å². The monoisotopic (exact) mass is 638 g/mol. The molecule has 2 saturated heterocycles. The third-order valence-corrected chi connectivity index (χ3v) is 8.28.